The molecule has 0 aliphatic heterocycles. The third-order valence-electron chi connectivity index (χ3n) is 3.36. The molecule has 1 rings (SSSR count). The zero-order valence-electron chi connectivity index (χ0n) is 13.0. The van der Waals surface area contributed by atoms with Crippen LogP contribution >= 0.6 is 0 Å². The highest BCUT2D eigenvalue weighted by molar-refractivity contribution is 6.02. The molecule has 0 fully saturated rings. The maximum atomic E-state index is 13.3. The number of amides is 2. The number of carbonyl (C=O) groups excluding carboxylic acids is 2. The Morgan fingerprint density at radius 2 is 1.07 bits per heavy atom. The van der Waals surface area contributed by atoms with E-state index in [0.717, 1.165) is 24.3 Å². The number of hydrogen-bond acceptors (Lipinski definition) is 2. The maximum Gasteiger partial charge on any atom is 0.463 e. The molecular weight excluding hydrogens is 404 g/mol. The molecule has 1 atom stereocenters. The quantitative estimate of drug-likeness (QED) is 0.682. The lowest BCUT2D eigenvalue weighted by atomic mass is 10.0. The first-order chi connectivity index (χ1) is 12.0. The van der Waals surface area contributed by atoms with E-state index in [-0.39, 0.29) is 0 Å². The van der Waals surface area contributed by atoms with Gasteiger partial charge >= 0.3 is 36.0 Å². The number of hydrogen-bond donors (Lipinski definition) is 0. The zero-order chi connectivity index (χ0) is 21.4. The van der Waals surface area contributed by atoms with Crippen LogP contribution in [0.15, 0.2) is 30.3 Å². The molecule has 13 heteroatoms. The van der Waals surface area contributed by atoms with Gasteiger partial charge in [-0.15, -0.1) is 0 Å². The molecule has 0 heterocycles. The molecule has 27 heavy (non-hydrogen) atoms. The van der Waals surface area contributed by atoms with Gasteiger partial charge in [0, 0.05) is 0 Å². The van der Waals surface area contributed by atoms with Crippen LogP contribution < -0.4 is 0 Å². The highest BCUT2D eigenvalue weighted by Gasteiger charge is 2.70. The number of alkyl halides is 10. The Morgan fingerprint density at radius 3 is 1.37 bits per heavy atom. The minimum atomic E-state index is -6.63. The summed E-state index contributed by atoms with van der Waals surface area (Å²) in [6.07, 6.45) is -13.3. The zero-order valence-corrected chi connectivity index (χ0v) is 13.0. The van der Waals surface area contributed by atoms with Crippen LogP contribution in [0, 0.1) is 0 Å². The number of imide groups is 1. The first-order valence-corrected chi connectivity index (χ1v) is 6.78. The van der Waals surface area contributed by atoms with E-state index in [1.165, 1.54) is 6.07 Å². The van der Waals surface area contributed by atoms with Crippen LogP contribution in [0.1, 0.15) is 18.5 Å². The van der Waals surface area contributed by atoms with E-state index < -0.39 is 52.5 Å². The van der Waals surface area contributed by atoms with Crippen LogP contribution in [0.5, 0.6) is 0 Å². The van der Waals surface area contributed by atoms with Crippen LogP contribution in [0.25, 0.3) is 0 Å². The molecule has 0 N–H and O–H groups in total. The van der Waals surface area contributed by atoms with Crippen molar-refractivity contribution in [2.75, 3.05) is 0 Å². The van der Waals surface area contributed by atoms with Gasteiger partial charge in [-0.2, -0.15) is 43.9 Å². The fourth-order valence-corrected chi connectivity index (χ4v) is 1.87. The second-order valence-corrected chi connectivity index (χ2v) is 5.21. The van der Waals surface area contributed by atoms with Gasteiger partial charge in [0.1, 0.15) is 0 Å². The third-order valence-corrected chi connectivity index (χ3v) is 3.36. The van der Waals surface area contributed by atoms with Crippen molar-refractivity contribution in [2.45, 2.75) is 37.2 Å². The summed E-state index contributed by atoms with van der Waals surface area (Å²) in [5, 5.41) is 0. The molecule has 2 amide bonds. The van der Waals surface area contributed by atoms with Crippen molar-refractivity contribution < 1.29 is 53.5 Å². The van der Waals surface area contributed by atoms with E-state index in [0.29, 0.717) is 6.92 Å². The van der Waals surface area contributed by atoms with Gasteiger partial charge in [0.25, 0.3) is 0 Å². The average molecular weight is 413 g/mol. The SMILES string of the molecule is CC(c1ccccc1)N(C(=O)C(F)(F)C(F)(F)F)C(=O)C(F)(F)C(F)(F)F. The number of carbonyl (C=O) groups is 2. The summed E-state index contributed by atoms with van der Waals surface area (Å²) in [5.74, 6) is -19.9. The number of nitrogens with zero attached hydrogens (tertiary/aromatic N) is 1. The topological polar surface area (TPSA) is 37.4 Å². The van der Waals surface area contributed by atoms with E-state index in [9.17, 15) is 53.5 Å². The van der Waals surface area contributed by atoms with E-state index in [1.807, 2.05) is 0 Å². The Hall–Kier alpha value is -2.34. The summed E-state index contributed by atoms with van der Waals surface area (Å²) in [5.41, 5.74) is -0.435. The van der Waals surface area contributed by atoms with Crippen molar-refractivity contribution in [3.63, 3.8) is 0 Å². The largest absolute Gasteiger partial charge is 0.463 e. The Kier molecular flexibility index (Phi) is 5.89. The lowest BCUT2D eigenvalue weighted by Crippen LogP contribution is -2.60. The monoisotopic (exact) mass is 413 g/mol. The second-order valence-electron chi connectivity index (χ2n) is 5.21. The Bertz CT molecular complexity index is 658. The summed E-state index contributed by atoms with van der Waals surface area (Å²) in [6, 6.07) is 3.11. The number of halogens is 10. The van der Waals surface area contributed by atoms with E-state index in [1.54, 1.807) is 0 Å². The first kappa shape index (κ1) is 22.7. The predicted octanol–water partition coefficient (Wildman–Crippen LogP) is 4.50. The smallest absolute Gasteiger partial charge is 0.267 e. The summed E-state index contributed by atoms with van der Waals surface area (Å²) in [4.78, 5) is 21.7. The van der Waals surface area contributed by atoms with Crippen molar-refractivity contribution in [3.05, 3.63) is 35.9 Å². The Balaban J connectivity index is 3.55. The van der Waals surface area contributed by atoms with Gasteiger partial charge in [-0.1, -0.05) is 30.3 Å². The second kappa shape index (κ2) is 7.00. The summed E-state index contributed by atoms with van der Waals surface area (Å²) >= 11 is 0. The third kappa shape index (κ3) is 4.16. The van der Waals surface area contributed by atoms with E-state index >= 15 is 0 Å². The molecule has 0 aliphatic rings. The lowest BCUT2D eigenvalue weighted by molar-refractivity contribution is -0.284. The standard InChI is InChI=1S/C14H9F10NO2/c1-7(8-5-3-2-4-6-8)25(9(26)11(15,16)13(19,20)21)10(27)12(17,18)14(22,23)24/h2-7H,1H3. The van der Waals surface area contributed by atoms with Crippen molar-refractivity contribution in [3.8, 4) is 0 Å². The van der Waals surface area contributed by atoms with Gasteiger partial charge in [-0.25, -0.2) is 0 Å². The van der Waals surface area contributed by atoms with Gasteiger partial charge in [-0.05, 0) is 12.5 Å². The summed E-state index contributed by atoms with van der Waals surface area (Å²) in [7, 11) is 0. The molecule has 1 aromatic rings. The Labute approximate surface area is 144 Å². The lowest BCUT2D eigenvalue weighted by Gasteiger charge is -2.33. The molecule has 0 saturated heterocycles. The number of benzene rings is 1. The summed E-state index contributed by atoms with van der Waals surface area (Å²) in [6.45, 7) is 0.546. The van der Waals surface area contributed by atoms with Crippen LogP contribution in [0.3, 0.4) is 0 Å². The minimum absolute atomic E-state index is 0.435. The molecular formula is C14H9F10NO2. The van der Waals surface area contributed by atoms with Gasteiger partial charge in [0.15, 0.2) is 0 Å². The molecule has 1 aromatic carbocycles. The minimum Gasteiger partial charge on any atom is -0.267 e. The van der Waals surface area contributed by atoms with Crippen LogP contribution in [-0.4, -0.2) is 40.9 Å². The molecule has 0 spiro atoms. The fourth-order valence-electron chi connectivity index (χ4n) is 1.87. The van der Waals surface area contributed by atoms with E-state index in [4.69, 9.17) is 0 Å². The number of rotatable bonds is 4. The van der Waals surface area contributed by atoms with Crippen molar-refractivity contribution in [2.24, 2.45) is 0 Å². The van der Waals surface area contributed by atoms with Crippen molar-refractivity contribution in [1.29, 1.82) is 0 Å². The van der Waals surface area contributed by atoms with Gasteiger partial charge < -0.3 is 0 Å². The molecule has 0 aliphatic carbocycles. The van der Waals surface area contributed by atoms with Crippen LogP contribution in [0.2, 0.25) is 0 Å². The molecule has 152 valence electrons. The maximum absolute atomic E-state index is 13.3. The summed E-state index contributed by atoms with van der Waals surface area (Å²) < 4.78 is 128. The van der Waals surface area contributed by atoms with Gasteiger partial charge in [0.05, 0.1) is 6.04 Å². The van der Waals surface area contributed by atoms with Gasteiger partial charge in [0.2, 0.25) is 0 Å². The molecule has 0 aromatic heterocycles. The Morgan fingerprint density at radius 1 is 0.741 bits per heavy atom. The van der Waals surface area contributed by atoms with Crippen molar-refractivity contribution >= 4 is 11.8 Å². The molecule has 0 bridgehead atoms. The fraction of sp³-hybridized carbons (Fsp3) is 0.429. The highest BCUT2D eigenvalue weighted by atomic mass is 19.4. The van der Waals surface area contributed by atoms with E-state index in [2.05, 4.69) is 0 Å². The molecule has 0 radical (unpaired) electrons. The molecule has 0 saturated carbocycles. The molecule has 1 unspecified atom stereocenters. The first-order valence-electron chi connectivity index (χ1n) is 6.78. The normalized spacial score (nSPS) is 14.6. The van der Waals surface area contributed by atoms with Crippen LogP contribution in [0.4, 0.5) is 43.9 Å². The van der Waals surface area contributed by atoms with Crippen LogP contribution in [-0.2, 0) is 9.59 Å². The predicted molar refractivity (Wildman–Crippen MR) is 68.7 cm³/mol. The highest BCUT2D eigenvalue weighted by Crippen LogP contribution is 2.42. The average Bonchev–Trinajstić information content (AvgIpc) is 2.53. The van der Waals surface area contributed by atoms with Crippen molar-refractivity contribution in [1.82, 2.24) is 4.90 Å². The molecule has 3 nitrogen and oxygen atoms in total. The van der Waals surface area contributed by atoms with Gasteiger partial charge in [-0.3, -0.25) is 14.5 Å².